The molecule has 1 fully saturated rings. The number of nitrogens with two attached hydrogens (primary N) is 1. The van der Waals surface area contributed by atoms with Crippen LogP contribution in [0.5, 0.6) is 0 Å². The highest BCUT2D eigenvalue weighted by Crippen LogP contribution is 2.32. The summed E-state index contributed by atoms with van der Waals surface area (Å²) in [4.78, 5) is 14.5. The molecule has 0 amide bonds. The van der Waals surface area contributed by atoms with E-state index in [1.165, 1.54) is 0 Å². The molecule has 0 radical (unpaired) electrons. The van der Waals surface area contributed by atoms with E-state index in [-0.39, 0.29) is 12.6 Å². The highest BCUT2D eigenvalue weighted by atomic mass is 16.5. The van der Waals surface area contributed by atoms with Crippen LogP contribution in [0.25, 0.3) is 11.2 Å². The average molecular weight is 294 g/mol. The lowest BCUT2D eigenvalue weighted by atomic mass is 10.2. The number of aromatic nitrogens is 4. The Bertz CT molecular complexity index is 658. The lowest BCUT2D eigenvalue weighted by Crippen LogP contribution is -2.24. The predicted octanol–water partition coefficient (Wildman–Crippen LogP) is -0.885. The van der Waals surface area contributed by atoms with Crippen molar-refractivity contribution in [2.45, 2.75) is 24.9 Å². The molecule has 9 heteroatoms. The van der Waals surface area contributed by atoms with Crippen LogP contribution in [0.2, 0.25) is 0 Å². The summed E-state index contributed by atoms with van der Waals surface area (Å²) >= 11 is 0. The molecule has 0 bridgehead atoms. The molecular formula is C12H18N6O3. The average Bonchev–Trinajstić information content (AvgIpc) is 3.00. The molecule has 1 aliphatic heterocycles. The molecule has 114 valence electrons. The van der Waals surface area contributed by atoms with E-state index < -0.39 is 18.4 Å². The zero-order valence-corrected chi connectivity index (χ0v) is 11.8. The van der Waals surface area contributed by atoms with Crippen LogP contribution in [0.1, 0.15) is 12.6 Å². The summed E-state index contributed by atoms with van der Waals surface area (Å²) in [6.45, 7) is -0.232. The van der Waals surface area contributed by atoms with Crippen LogP contribution in [-0.4, -0.2) is 62.6 Å². The first-order valence-electron chi connectivity index (χ1n) is 6.63. The smallest absolute Gasteiger partial charge is 0.224 e. The lowest BCUT2D eigenvalue weighted by Gasteiger charge is -2.15. The van der Waals surface area contributed by atoms with Gasteiger partial charge in [-0.2, -0.15) is 9.97 Å². The first kappa shape index (κ1) is 14.0. The van der Waals surface area contributed by atoms with Gasteiger partial charge >= 0.3 is 0 Å². The molecule has 1 saturated heterocycles. The fourth-order valence-electron chi connectivity index (χ4n) is 2.49. The largest absolute Gasteiger partial charge is 0.394 e. The third kappa shape index (κ3) is 2.28. The minimum Gasteiger partial charge on any atom is -0.394 e. The van der Waals surface area contributed by atoms with Crippen molar-refractivity contribution in [1.82, 2.24) is 19.5 Å². The Morgan fingerprint density at radius 2 is 2.24 bits per heavy atom. The van der Waals surface area contributed by atoms with Gasteiger partial charge in [-0.3, -0.25) is 4.57 Å². The highest BCUT2D eigenvalue weighted by Gasteiger charge is 2.35. The van der Waals surface area contributed by atoms with Gasteiger partial charge in [-0.15, -0.1) is 0 Å². The molecule has 0 spiro atoms. The second-order valence-corrected chi connectivity index (χ2v) is 5.24. The molecule has 21 heavy (non-hydrogen) atoms. The zero-order valence-electron chi connectivity index (χ0n) is 11.8. The molecule has 9 nitrogen and oxygen atoms in total. The van der Waals surface area contributed by atoms with E-state index in [0.29, 0.717) is 23.4 Å². The normalized spacial score (nSPS) is 25.6. The minimum absolute atomic E-state index is 0.144. The quantitative estimate of drug-likeness (QED) is 0.666. The van der Waals surface area contributed by atoms with Gasteiger partial charge in [0.1, 0.15) is 12.3 Å². The second-order valence-electron chi connectivity index (χ2n) is 5.24. The van der Waals surface area contributed by atoms with Gasteiger partial charge in [0.25, 0.3) is 0 Å². The van der Waals surface area contributed by atoms with Crippen LogP contribution in [-0.2, 0) is 4.74 Å². The third-order valence-corrected chi connectivity index (χ3v) is 3.54. The molecule has 2 aromatic heterocycles. The Hall–Kier alpha value is -1.97. The van der Waals surface area contributed by atoms with Crippen molar-refractivity contribution < 1.29 is 14.9 Å². The van der Waals surface area contributed by atoms with E-state index in [9.17, 15) is 5.11 Å². The van der Waals surface area contributed by atoms with E-state index in [1.807, 2.05) is 14.1 Å². The fraction of sp³-hybridized carbons (Fsp3) is 0.583. The van der Waals surface area contributed by atoms with Crippen LogP contribution in [0.15, 0.2) is 6.33 Å². The number of fused-ring (bicyclic) bond motifs is 1. The number of imidazole rings is 1. The molecular weight excluding hydrogens is 276 g/mol. The molecule has 3 rings (SSSR count). The van der Waals surface area contributed by atoms with Crippen molar-refractivity contribution in [2.24, 2.45) is 0 Å². The molecule has 2 aromatic rings. The van der Waals surface area contributed by atoms with Crippen LogP contribution in [0.3, 0.4) is 0 Å². The summed E-state index contributed by atoms with van der Waals surface area (Å²) in [7, 11) is 3.69. The van der Waals surface area contributed by atoms with Crippen LogP contribution >= 0.6 is 0 Å². The number of rotatable bonds is 3. The molecule has 0 aliphatic carbocycles. The summed E-state index contributed by atoms with van der Waals surface area (Å²) in [5.41, 5.74) is 6.90. The summed E-state index contributed by atoms with van der Waals surface area (Å²) in [6, 6.07) is 0. The standard InChI is InChI=1S/C12H18N6O3/c1-17(2)10-9-11(16-12(13)15-10)18(5-14-9)8-3-6(20)7(4-19)21-8/h5-8,19-20H,3-4H2,1-2H3,(H2,13,15,16)/t6-,7+,8+/m0/s1. The summed E-state index contributed by atoms with van der Waals surface area (Å²) in [5.74, 6) is 0.763. The maximum absolute atomic E-state index is 9.84. The van der Waals surface area contributed by atoms with Gasteiger partial charge in [0.2, 0.25) is 5.95 Å². The van der Waals surface area contributed by atoms with E-state index in [4.69, 9.17) is 15.6 Å². The van der Waals surface area contributed by atoms with Crippen LogP contribution in [0.4, 0.5) is 11.8 Å². The Kier molecular flexibility index (Phi) is 3.40. The zero-order chi connectivity index (χ0) is 15.1. The van der Waals surface area contributed by atoms with Gasteiger partial charge in [0.15, 0.2) is 17.0 Å². The van der Waals surface area contributed by atoms with Gasteiger partial charge in [-0.05, 0) is 0 Å². The SMILES string of the molecule is CN(C)c1nc(N)nc2c1ncn2[C@H]1C[C@H](O)[C@@H](CO)O1. The van der Waals surface area contributed by atoms with Crippen LogP contribution in [0, 0.1) is 0 Å². The van der Waals surface area contributed by atoms with Gasteiger partial charge in [-0.25, -0.2) is 4.98 Å². The lowest BCUT2D eigenvalue weighted by molar-refractivity contribution is -0.0432. The molecule has 0 unspecified atom stereocenters. The number of anilines is 2. The molecule has 1 aliphatic rings. The van der Waals surface area contributed by atoms with Crippen molar-refractivity contribution in [2.75, 3.05) is 31.3 Å². The van der Waals surface area contributed by atoms with Gasteiger partial charge < -0.3 is 25.6 Å². The topological polar surface area (TPSA) is 123 Å². The van der Waals surface area contributed by atoms with Crippen molar-refractivity contribution >= 4 is 22.9 Å². The number of nitrogen functional groups attached to an aromatic ring is 1. The fourth-order valence-corrected chi connectivity index (χ4v) is 2.49. The van der Waals surface area contributed by atoms with Crippen molar-refractivity contribution in [3.05, 3.63) is 6.33 Å². The van der Waals surface area contributed by atoms with Crippen molar-refractivity contribution in [1.29, 1.82) is 0 Å². The Morgan fingerprint density at radius 1 is 1.48 bits per heavy atom. The van der Waals surface area contributed by atoms with Crippen LogP contribution < -0.4 is 10.6 Å². The Labute approximate surface area is 121 Å². The number of aliphatic hydroxyl groups excluding tert-OH is 2. The minimum atomic E-state index is -0.718. The van der Waals surface area contributed by atoms with Crippen molar-refractivity contribution in [3.8, 4) is 0 Å². The monoisotopic (exact) mass is 294 g/mol. The number of hydrogen-bond acceptors (Lipinski definition) is 8. The number of hydrogen-bond donors (Lipinski definition) is 3. The number of ether oxygens (including phenoxy) is 1. The molecule has 3 heterocycles. The summed E-state index contributed by atoms with van der Waals surface area (Å²) in [5, 5.41) is 19.0. The Morgan fingerprint density at radius 3 is 2.86 bits per heavy atom. The first-order valence-corrected chi connectivity index (χ1v) is 6.63. The van der Waals surface area contributed by atoms with Gasteiger partial charge in [0, 0.05) is 20.5 Å². The third-order valence-electron chi connectivity index (χ3n) is 3.54. The van der Waals surface area contributed by atoms with E-state index in [2.05, 4.69) is 15.0 Å². The molecule has 3 atom stereocenters. The molecule has 4 N–H and O–H groups in total. The predicted molar refractivity (Wildman–Crippen MR) is 75.7 cm³/mol. The van der Waals surface area contributed by atoms with E-state index in [0.717, 1.165) is 0 Å². The van der Waals surface area contributed by atoms with Crippen molar-refractivity contribution in [3.63, 3.8) is 0 Å². The van der Waals surface area contributed by atoms with Gasteiger partial charge in [0.05, 0.1) is 19.0 Å². The highest BCUT2D eigenvalue weighted by molar-refractivity contribution is 5.84. The Balaban J connectivity index is 2.05. The van der Waals surface area contributed by atoms with Gasteiger partial charge in [-0.1, -0.05) is 0 Å². The number of aliphatic hydroxyl groups is 2. The second kappa shape index (κ2) is 5.10. The maximum atomic E-state index is 9.84. The molecule has 0 saturated carbocycles. The first-order chi connectivity index (χ1) is 10.0. The summed E-state index contributed by atoms with van der Waals surface area (Å²) < 4.78 is 7.33. The van der Waals surface area contributed by atoms with E-state index >= 15 is 0 Å². The number of nitrogens with zero attached hydrogens (tertiary/aromatic N) is 5. The van der Waals surface area contributed by atoms with E-state index in [1.54, 1.807) is 15.8 Å². The molecule has 0 aromatic carbocycles. The summed E-state index contributed by atoms with van der Waals surface area (Å²) in [6.07, 6.45) is 0.192. The maximum Gasteiger partial charge on any atom is 0.224 e.